The SMILES string of the molecule is C#CCCCCC1COOCCO1. The van der Waals surface area contributed by atoms with E-state index >= 15 is 0 Å². The summed E-state index contributed by atoms with van der Waals surface area (Å²) < 4.78 is 5.48. The summed E-state index contributed by atoms with van der Waals surface area (Å²) in [5, 5.41) is 0. The van der Waals surface area contributed by atoms with Gasteiger partial charge in [-0.25, -0.2) is 9.78 Å². The molecule has 1 rings (SSSR count). The summed E-state index contributed by atoms with van der Waals surface area (Å²) in [6, 6.07) is 0. The average molecular weight is 184 g/mol. The van der Waals surface area contributed by atoms with Gasteiger partial charge in [-0.05, 0) is 19.3 Å². The third-order valence-electron chi connectivity index (χ3n) is 1.95. The van der Waals surface area contributed by atoms with Crippen molar-refractivity contribution in [1.29, 1.82) is 0 Å². The van der Waals surface area contributed by atoms with Crippen molar-refractivity contribution in [2.24, 2.45) is 0 Å². The van der Waals surface area contributed by atoms with Crippen molar-refractivity contribution < 1.29 is 14.5 Å². The fraction of sp³-hybridized carbons (Fsp3) is 0.800. The first-order valence-corrected chi connectivity index (χ1v) is 4.73. The predicted octanol–water partition coefficient (Wildman–Crippen LogP) is 1.53. The number of rotatable bonds is 4. The van der Waals surface area contributed by atoms with Crippen LogP contribution in [0.4, 0.5) is 0 Å². The molecule has 1 aliphatic rings. The summed E-state index contributed by atoms with van der Waals surface area (Å²) in [6.07, 6.45) is 9.35. The van der Waals surface area contributed by atoms with Gasteiger partial charge in [-0.3, -0.25) is 0 Å². The van der Waals surface area contributed by atoms with E-state index in [0.29, 0.717) is 19.8 Å². The van der Waals surface area contributed by atoms with Crippen LogP contribution in [0.1, 0.15) is 25.7 Å². The average Bonchev–Trinajstić information content (AvgIpc) is 2.41. The number of unbranched alkanes of at least 4 members (excludes halogenated alkanes) is 2. The molecule has 0 amide bonds. The van der Waals surface area contributed by atoms with Crippen LogP contribution in [-0.2, 0) is 14.5 Å². The zero-order chi connectivity index (χ0) is 9.36. The van der Waals surface area contributed by atoms with E-state index in [9.17, 15) is 0 Å². The molecule has 3 nitrogen and oxygen atoms in total. The van der Waals surface area contributed by atoms with Crippen molar-refractivity contribution in [3.8, 4) is 12.3 Å². The molecule has 1 fully saturated rings. The molecule has 1 aliphatic heterocycles. The Kier molecular flexibility index (Phi) is 5.59. The fourth-order valence-electron chi connectivity index (χ4n) is 1.25. The first-order chi connectivity index (χ1) is 6.43. The van der Waals surface area contributed by atoms with Crippen LogP contribution < -0.4 is 0 Å². The highest BCUT2D eigenvalue weighted by molar-refractivity contribution is 4.82. The monoisotopic (exact) mass is 184 g/mol. The summed E-state index contributed by atoms with van der Waals surface area (Å²) >= 11 is 0. The molecule has 0 aromatic rings. The third kappa shape index (κ3) is 4.89. The third-order valence-corrected chi connectivity index (χ3v) is 1.95. The van der Waals surface area contributed by atoms with Crippen LogP contribution in [0.3, 0.4) is 0 Å². The lowest BCUT2D eigenvalue weighted by molar-refractivity contribution is -0.288. The van der Waals surface area contributed by atoms with Crippen molar-refractivity contribution in [3.63, 3.8) is 0 Å². The van der Waals surface area contributed by atoms with Crippen molar-refractivity contribution in [3.05, 3.63) is 0 Å². The molecule has 0 saturated carbocycles. The van der Waals surface area contributed by atoms with E-state index in [2.05, 4.69) is 5.92 Å². The van der Waals surface area contributed by atoms with Gasteiger partial charge in [0.15, 0.2) is 0 Å². The first-order valence-electron chi connectivity index (χ1n) is 4.73. The summed E-state index contributed by atoms with van der Waals surface area (Å²) in [6.45, 7) is 1.69. The zero-order valence-corrected chi connectivity index (χ0v) is 7.83. The van der Waals surface area contributed by atoms with Gasteiger partial charge in [0.05, 0.1) is 12.7 Å². The van der Waals surface area contributed by atoms with E-state index in [1.54, 1.807) is 0 Å². The fourth-order valence-corrected chi connectivity index (χ4v) is 1.25. The van der Waals surface area contributed by atoms with Gasteiger partial charge in [0.25, 0.3) is 0 Å². The Morgan fingerprint density at radius 1 is 1.23 bits per heavy atom. The van der Waals surface area contributed by atoms with Gasteiger partial charge in [-0.1, -0.05) is 0 Å². The summed E-state index contributed by atoms with van der Waals surface area (Å²) in [5.41, 5.74) is 0. The molecule has 3 heteroatoms. The highest BCUT2D eigenvalue weighted by Crippen LogP contribution is 2.09. The van der Waals surface area contributed by atoms with Crippen LogP contribution in [0.5, 0.6) is 0 Å². The number of hydrogen-bond acceptors (Lipinski definition) is 3. The number of terminal acetylenes is 1. The van der Waals surface area contributed by atoms with Gasteiger partial charge in [0, 0.05) is 6.42 Å². The summed E-state index contributed by atoms with van der Waals surface area (Å²) in [7, 11) is 0. The van der Waals surface area contributed by atoms with Gasteiger partial charge >= 0.3 is 0 Å². The normalized spacial score (nSPS) is 23.5. The van der Waals surface area contributed by atoms with E-state index in [0.717, 1.165) is 25.7 Å². The Morgan fingerprint density at radius 3 is 3.00 bits per heavy atom. The molecule has 1 saturated heterocycles. The lowest BCUT2D eigenvalue weighted by atomic mass is 10.1. The molecule has 0 N–H and O–H groups in total. The van der Waals surface area contributed by atoms with Crippen molar-refractivity contribution >= 4 is 0 Å². The van der Waals surface area contributed by atoms with Gasteiger partial charge in [-0.15, -0.1) is 12.3 Å². The minimum atomic E-state index is 0.181. The molecule has 1 heterocycles. The largest absolute Gasteiger partial charge is 0.373 e. The van der Waals surface area contributed by atoms with Crippen LogP contribution in [0.25, 0.3) is 0 Å². The molecule has 0 aromatic heterocycles. The maximum Gasteiger partial charge on any atom is 0.108 e. The summed E-state index contributed by atoms with van der Waals surface area (Å²) in [4.78, 5) is 9.69. The van der Waals surface area contributed by atoms with Crippen LogP contribution in [0.2, 0.25) is 0 Å². The number of ether oxygens (including phenoxy) is 1. The molecule has 1 atom stereocenters. The van der Waals surface area contributed by atoms with Crippen LogP contribution in [0.15, 0.2) is 0 Å². The molecule has 1 unspecified atom stereocenters. The maximum absolute atomic E-state index is 5.48. The lowest BCUT2D eigenvalue weighted by Gasteiger charge is -2.11. The quantitative estimate of drug-likeness (QED) is 0.377. The van der Waals surface area contributed by atoms with E-state index in [4.69, 9.17) is 20.9 Å². The Morgan fingerprint density at radius 2 is 2.15 bits per heavy atom. The molecule has 0 aliphatic carbocycles. The molecule has 0 aromatic carbocycles. The Hall–Kier alpha value is -0.560. The molecular formula is C10H16O3. The van der Waals surface area contributed by atoms with Crippen molar-refractivity contribution in [1.82, 2.24) is 0 Å². The zero-order valence-electron chi connectivity index (χ0n) is 7.83. The second-order valence-electron chi connectivity index (χ2n) is 3.05. The topological polar surface area (TPSA) is 27.7 Å². The van der Waals surface area contributed by atoms with Crippen LogP contribution in [-0.4, -0.2) is 25.9 Å². The Bertz CT molecular complexity index is 154. The highest BCUT2D eigenvalue weighted by atomic mass is 17.2. The standard InChI is InChI=1S/C10H16O3/c1-2-3-4-5-6-10-9-13-12-8-7-11-10/h1,10H,3-9H2. The minimum Gasteiger partial charge on any atom is -0.373 e. The molecule has 13 heavy (non-hydrogen) atoms. The Labute approximate surface area is 79.3 Å². The Balaban J connectivity index is 2.02. The first kappa shape index (κ1) is 10.5. The van der Waals surface area contributed by atoms with Crippen molar-refractivity contribution in [2.75, 3.05) is 19.8 Å². The van der Waals surface area contributed by atoms with Crippen molar-refractivity contribution in [2.45, 2.75) is 31.8 Å². The van der Waals surface area contributed by atoms with Gasteiger partial charge in [0.1, 0.15) is 13.2 Å². The minimum absolute atomic E-state index is 0.181. The maximum atomic E-state index is 5.48. The van der Waals surface area contributed by atoms with E-state index < -0.39 is 0 Å². The van der Waals surface area contributed by atoms with E-state index in [1.807, 2.05) is 0 Å². The molecular weight excluding hydrogens is 168 g/mol. The van der Waals surface area contributed by atoms with E-state index in [-0.39, 0.29) is 6.10 Å². The molecule has 0 spiro atoms. The molecule has 0 bridgehead atoms. The van der Waals surface area contributed by atoms with Crippen LogP contribution >= 0.6 is 0 Å². The van der Waals surface area contributed by atoms with E-state index in [1.165, 1.54) is 0 Å². The van der Waals surface area contributed by atoms with Crippen LogP contribution in [0, 0.1) is 12.3 Å². The molecule has 0 radical (unpaired) electrons. The summed E-state index contributed by atoms with van der Waals surface area (Å²) in [5.74, 6) is 2.62. The van der Waals surface area contributed by atoms with Gasteiger partial charge in [-0.2, -0.15) is 0 Å². The molecule has 74 valence electrons. The second kappa shape index (κ2) is 6.90. The second-order valence-corrected chi connectivity index (χ2v) is 3.05. The predicted molar refractivity (Wildman–Crippen MR) is 48.9 cm³/mol. The number of hydrogen-bond donors (Lipinski definition) is 0. The smallest absolute Gasteiger partial charge is 0.108 e. The highest BCUT2D eigenvalue weighted by Gasteiger charge is 2.12. The lowest BCUT2D eigenvalue weighted by Crippen LogP contribution is -2.17. The van der Waals surface area contributed by atoms with Gasteiger partial charge < -0.3 is 4.74 Å². The van der Waals surface area contributed by atoms with Gasteiger partial charge in [0.2, 0.25) is 0 Å².